The molecule has 0 radical (unpaired) electrons. The van der Waals surface area contributed by atoms with Crippen LogP contribution >= 0.6 is 23.2 Å². The number of hydrogen-bond acceptors (Lipinski definition) is 3. The summed E-state index contributed by atoms with van der Waals surface area (Å²) in [6.07, 6.45) is 1.71. The fourth-order valence-electron chi connectivity index (χ4n) is 2.10. The number of nitrogens with zero attached hydrogens (tertiary/aromatic N) is 1. The molecular formula is C16H12Cl2N2O. The van der Waals surface area contributed by atoms with E-state index in [1.807, 2.05) is 30.3 Å². The summed E-state index contributed by atoms with van der Waals surface area (Å²) in [7, 11) is 0. The monoisotopic (exact) mass is 318 g/mol. The Morgan fingerprint density at radius 1 is 1.05 bits per heavy atom. The second-order valence-corrected chi connectivity index (χ2v) is 5.34. The second-order valence-electron chi connectivity index (χ2n) is 4.55. The first-order valence-corrected chi connectivity index (χ1v) is 7.11. The number of anilines is 1. The van der Waals surface area contributed by atoms with Crippen LogP contribution < -0.4 is 10.5 Å². The van der Waals surface area contributed by atoms with Crippen LogP contribution in [-0.4, -0.2) is 4.98 Å². The van der Waals surface area contributed by atoms with Gasteiger partial charge in [0.15, 0.2) is 0 Å². The Bertz CT molecular complexity index is 805. The van der Waals surface area contributed by atoms with Gasteiger partial charge in [0, 0.05) is 22.8 Å². The van der Waals surface area contributed by atoms with Gasteiger partial charge in [0.05, 0.1) is 10.0 Å². The van der Waals surface area contributed by atoms with Crippen molar-refractivity contribution in [2.45, 2.75) is 6.61 Å². The van der Waals surface area contributed by atoms with E-state index in [1.165, 1.54) is 0 Å². The van der Waals surface area contributed by atoms with Crippen LogP contribution in [0.15, 0.2) is 48.7 Å². The molecule has 1 heterocycles. The minimum Gasteiger partial charge on any atom is -0.487 e. The molecule has 0 aliphatic carbocycles. The molecule has 21 heavy (non-hydrogen) atoms. The first-order chi connectivity index (χ1) is 10.2. The molecule has 0 aliphatic heterocycles. The van der Waals surface area contributed by atoms with E-state index in [9.17, 15) is 0 Å². The Morgan fingerprint density at radius 3 is 2.76 bits per heavy atom. The van der Waals surface area contributed by atoms with Gasteiger partial charge in [0.25, 0.3) is 0 Å². The number of hydrogen-bond donors (Lipinski definition) is 1. The number of aromatic nitrogens is 1. The number of halogens is 2. The summed E-state index contributed by atoms with van der Waals surface area (Å²) in [6, 6.07) is 12.8. The Hall–Kier alpha value is -1.97. The van der Waals surface area contributed by atoms with Crippen LogP contribution in [0.4, 0.5) is 5.69 Å². The largest absolute Gasteiger partial charge is 0.487 e. The van der Waals surface area contributed by atoms with Crippen molar-refractivity contribution in [3.63, 3.8) is 0 Å². The molecule has 3 nitrogen and oxygen atoms in total. The Morgan fingerprint density at radius 2 is 1.90 bits per heavy atom. The summed E-state index contributed by atoms with van der Waals surface area (Å²) in [6.45, 7) is 0.314. The van der Waals surface area contributed by atoms with E-state index in [1.54, 1.807) is 18.3 Å². The molecule has 5 heteroatoms. The smallest absolute Gasteiger partial charge is 0.146 e. The highest BCUT2D eigenvalue weighted by Crippen LogP contribution is 2.30. The zero-order valence-corrected chi connectivity index (χ0v) is 12.5. The highest BCUT2D eigenvalue weighted by atomic mass is 35.5. The minimum absolute atomic E-state index is 0.314. The predicted molar refractivity (Wildman–Crippen MR) is 86.9 cm³/mol. The fraction of sp³-hybridized carbons (Fsp3) is 0.0625. The molecule has 0 fully saturated rings. The van der Waals surface area contributed by atoms with Crippen LogP contribution in [0.3, 0.4) is 0 Å². The molecule has 0 bridgehead atoms. The summed E-state index contributed by atoms with van der Waals surface area (Å²) in [4.78, 5) is 4.33. The van der Waals surface area contributed by atoms with Gasteiger partial charge in [-0.15, -0.1) is 0 Å². The molecule has 0 atom stereocenters. The summed E-state index contributed by atoms with van der Waals surface area (Å²) in [5.74, 6) is 0.663. The summed E-state index contributed by atoms with van der Waals surface area (Å²) < 4.78 is 5.84. The molecule has 2 aromatic carbocycles. The zero-order valence-electron chi connectivity index (χ0n) is 11.0. The van der Waals surface area contributed by atoms with Crippen molar-refractivity contribution in [3.8, 4) is 5.75 Å². The number of fused-ring (bicyclic) bond motifs is 1. The molecule has 0 saturated carbocycles. The van der Waals surface area contributed by atoms with Crippen LogP contribution in [0.5, 0.6) is 5.75 Å². The third-order valence-corrected chi connectivity index (χ3v) is 4.04. The molecule has 106 valence electrons. The van der Waals surface area contributed by atoms with E-state index in [-0.39, 0.29) is 0 Å². The normalized spacial score (nSPS) is 10.8. The van der Waals surface area contributed by atoms with Crippen molar-refractivity contribution in [1.29, 1.82) is 0 Å². The van der Waals surface area contributed by atoms with Crippen LogP contribution in [0.2, 0.25) is 10.0 Å². The molecule has 0 aliphatic rings. The molecular weight excluding hydrogens is 307 g/mol. The zero-order chi connectivity index (χ0) is 14.8. The van der Waals surface area contributed by atoms with Crippen LogP contribution in [-0.2, 0) is 6.61 Å². The van der Waals surface area contributed by atoms with Gasteiger partial charge in [0.2, 0.25) is 0 Å². The van der Waals surface area contributed by atoms with Crippen molar-refractivity contribution in [1.82, 2.24) is 4.98 Å². The maximum Gasteiger partial charge on any atom is 0.146 e. The van der Waals surface area contributed by atoms with E-state index in [0.29, 0.717) is 28.1 Å². The van der Waals surface area contributed by atoms with E-state index in [2.05, 4.69) is 4.98 Å². The lowest BCUT2D eigenvalue weighted by atomic mass is 10.1. The van der Waals surface area contributed by atoms with Crippen molar-refractivity contribution >= 4 is 39.8 Å². The molecule has 1 aromatic heterocycles. The molecule has 3 rings (SSSR count). The van der Waals surface area contributed by atoms with Gasteiger partial charge >= 0.3 is 0 Å². The molecule has 2 N–H and O–H groups in total. The second kappa shape index (κ2) is 5.80. The number of rotatable bonds is 3. The average molecular weight is 319 g/mol. The summed E-state index contributed by atoms with van der Waals surface area (Å²) in [5.41, 5.74) is 8.17. The number of nitrogen functional groups attached to an aromatic ring is 1. The Balaban J connectivity index is 1.92. The fourth-order valence-corrected chi connectivity index (χ4v) is 2.48. The van der Waals surface area contributed by atoms with Gasteiger partial charge in [-0.2, -0.15) is 0 Å². The highest BCUT2D eigenvalue weighted by Gasteiger charge is 2.09. The number of benzene rings is 2. The maximum absolute atomic E-state index is 6.16. The SMILES string of the molecule is Nc1ccc(OCc2cccc(Cl)c2Cl)c2ncccc12. The lowest BCUT2D eigenvalue weighted by Gasteiger charge is -2.11. The van der Waals surface area contributed by atoms with E-state index < -0.39 is 0 Å². The molecule has 0 unspecified atom stereocenters. The highest BCUT2D eigenvalue weighted by molar-refractivity contribution is 6.42. The van der Waals surface area contributed by atoms with Gasteiger partial charge in [-0.3, -0.25) is 4.98 Å². The van der Waals surface area contributed by atoms with Gasteiger partial charge < -0.3 is 10.5 Å². The topological polar surface area (TPSA) is 48.1 Å². The van der Waals surface area contributed by atoms with Crippen molar-refractivity contribution in [2.24, 2.45) is 0 Å². The average Bonchev–Trinajstić information content (AvgIpc) is 2.51. The first kappa shape index (κ1) is 14.0. The molecule has 0 saturated heterocycles. The first-order valence-electron chi connectivity index (χ1n) is 6.35. The summed E-state index contributed by atoms with van der Waals surface area (Å²) >= 11 is 12.2. The maximum atomic E-state index is 6.16. The van der Waals surface area contributed by atoms with Crippen LogP contribution in [0.25, 0.3) is 10.9 Å². The number of nitrogens with two attached hydrogens (primary N) is 1. The summed E-state index contributed by atoms with van der Waals surface area (Å²) in [5, 5.41) is 1.89. The van der Waals surface area contributed by atoms with Crippen molar-refractivity contribution in [3.05, 3.63) is 64.3 Å². The van der Waals surface area contributed by atoms with E-state index in [4.69, 9.17) is 33.7 Å². The predicted octanol–water partition coefficient (Wildman–Crippen LogP) is 4.70. The molecule has 0 amide bonds. The van der Waals surface area contributed by atoms with Crippen LogP contribution in [0, 0.1) is 0 Å². The van der Waals surface area contributed by atoms with Crippen molar-refractivity contribution in [2.75, 3.05) is 5.73 Å². The van der Waals surface area contributed by atoms with Gasteiger partial charge in [-0.25, -0.2) is 0 Å². The number of pyridine rings is 1. The molecule has 3 aromatic rings. The lowest BCUT2D eigenvalue weighted by Crippen LogP contribution is -1.99. The van der Waals surface area contributed by atoms with Gasteiger partial charge in [-0.05, 0) is 30.3 Å². The number of ether oxygens (including phenoxy) is 1. The van der Waals surface area contributed by atoms with Gasteiger partial charge in [0.1, 0.15) is 17.9 Å². The Labute approximate surface area is 132 Å². The standard InChI is InChI=1S/C16H12Cl2N2O/c17-12-5-1-3-10(15(12)18)9-21-14-7-6-13(19)11-4-2-8-20-16(11)14/h1-8H,9,19H2. The molecule has 0 spiro atoms. The lowest BCUT2D eigenvalue weighted by molar-refractivity contribution is 0.309. The van der Waals surface area contributed by atoms with Gasteiger partial charge in [-0.1, -0.05) is 35.3 Å². The van der Waals surface area contributed by atoms with E-state index in [0.717, 1.165) is 16.5 Å². The Kier molecular flexibility index (Phi) is 3.86. The minimum atomic E-state index is 0.314. The van der Waals surface area contributed by atoms with E-state index >= 15 is 0 Å². The quantitative estimate of drug-likeness (QED) is 0.712. The third kappa shape index (κ3) is 2.75. The van der Waals surface area contributed by atoms with Crippen molar-refractivity contribution < 1.29 is 4.74 Å². The third-order valence-electron chi connectivity index (χ3n) is 3.18. The van der Waals surface area contributed by atoms with Crippen LogP contribution in [0.1, 0.15) is 5.56 Å².